The smallest absolute Gasteiger partial charge is 0.407 e. The zero-order valence-corrected chi connectivity index (χ0v) is 24.5. The second-order valence-corrected chi connectivity index (χ2v) is 10.8. The lowest BCUT2D eigenvalue weighted by molar-refractivity contribution is -0.143. The third-order valence-electron chi connectivity index (χ3n) is 6.09. The third-order valence-corrected chi connectivity index (χ3v) is 6.09. The first-order valence-corrected chi connectivity index (χ1v) is 13.5. The number of nitrogens with one attached hydrogen (secondary N) is 1. The Hall–Kier alpha value is -2.52. The zero-order chi connectivity index (χ0) is 28.7. The molecule has 0 aliphatic rings. The number of ether oxygens (including phenoxy) is 5. The van der Waals surface area contributed by atoms with Gasteiger partial charge < -0.3 is 34.1 Å². The van der Waals surface area contributed by atoms with Crippen molar-refractivity contribution in [2.75, 3.05) is 34.0 Å². The van der Waals surface area contributed by atoms with Crippen molar-refractivity contribution in [2.45, 2.75) is 91.4 Å². The van der Waals surface area contributed by atoms with Gasteiger partial charge in [-0.1, -0.05) is 19.9 Å². The molecule has 0 aliphatic carbocycles. The average molecular weight is 540 g/mol. The number of aliphatic hydroxyl groups excluding tert-OH is 1. The number of carbonyl (C=O) groups is 2. The van der Waals surface area contributed by atoms with Crippen LogP contribution < -0.4 is 14.8 Å². The molecule has 0 heterocycles. The van der Waals surface area contributed by atoms with Crippen LogP contribution >= 0.6 is 0 Å². The van der Waals surface area contributed by atoms with E-state index >= 15 is 0 Å². The van der Waals surface area contributed by atoms with E-state index < -0.39 is 23.8 Å². The van der Waals surface area contributed by atoms with Crippen molar-refractivity contribution in [1.82, 2.24) is 5.32 Å². The molecule has 9 nitrogen and oxygen atoms in total. The van der Waals surface area contributed by atoms with Crippen LogP contribution in [0.5, 0.6) is 11.5 Å². The van der Waals surface area contributed by atoms with E-state index in [0.717, 1.165) is 12.0 Å². The first-order chi connectivity index (χ1) is 17.9. The van der Waals surface area contributed by atoms with Crippen molar-refractivity contribution in [3.63, 3.8) is 0 Å². The highest BCUT2D eigenvalue weighted by molar-refractivity contribution is 5.69. The van der Waals surface area contributed by atoms with Gasteiger partial charge in [-0.3, -0.25) is 4.79 Å². The van der Waals surface area contributed by atoms with E-state index in [2.05, 4.69) is 19.2 Å². The van der Waals surface area contributed by atoms with Gasteiger partial charge in [0.05, 0.1) is 32.5 Å². The molecule has 1 rings (SSSR count). The molecular formula is C29H49NO8. The maximum atomic E-state index is 12.6. The van der Waals surface area contributed by atoms with E-state index in [4.69, 9.17) is 23.7 Å². The first-order valence-electron chi connectivity index (χ1n) is 13.5. The van der Waals surface area contributed by atoms with E-state index in [1.807, 2.05) is 18.2 Å². The summed E-state index contributed by atoms with van der Waals surface area (Å²) in [6, 6.07) is 5.27. The summed E-state index contributed by atoms with van der Waals surface area (Å²) in [5, 5.41) is 13.8. The zero-order valence-electron chi connectivity index (χ0n) is 24.5. The highest BCUT2D eigenvalue weighted by atomic mass is 16.6. The molecule has 38 heavy (non-hydrogen) atoms. The number of esters is 1. The van der Waals surface area contributed by atoms with E-state index in [1.54, 1.807) is 41.9 Å². The second kappa shape index (κ2) is 17.1. The van der Waals surface area contributed by atoms with Gasteiger partial charge in [0.25, 0.3) is 0 Å². The van der Waals surface area contributed by atoms with Gasteiger partial charge in [0.15, 0.2) is 11.5 Å². The Morgan fingerprint density at radius 3 is 2.37 bits per heavy atom. The Kier molecular flexibility index (Phi) is 15.1. The van der Waals surface area contributed by atoms with Gasteiger partial charge in [0.2, 0.25) is 0 Å². The number of methoxy groups -OCH3 is 2. The standard InChI is InChI=1S/C29H49NO8/c1-9-36-27(32)14-12-24(31)23(30-28(33)38-29(4,5)6)19-22(20(2)3)17-21-11-13-25(35-8)26(18-21)37-16-10-15-34-7/h11,13,18,20,22-24,31H,9-10,12,14-17,19H2,1-8H3,(H,30,33)/t22-,23-,24-/m0/s1. The molecule has 3 atom stereocenters. The van der Waals surface area contributed by atoms with Crippen molar-refractivity contribution < 1.29 is 38.4 Å². The van der Waals surface area contributed by atoms with Crippen LogP contribution in [0.2, 0.25) is 0 Å². The molecular weight excluding hydrogens is 490 g/mol. The summed E-state index contributed by atoms with van der Waals surface area (Å²) in [5.41, 5.74) is 0.383. The van der Waals surface area contributed by atoms with E-state index in [9.17, 15) is 14.7 Å². The molecule has 218 valence electrons. The molecule has 0 aliphatic heterocycles. The maximum absolute atomic E-state index is 12.6. The summed E-state index contributed by atoms with van der Waals surface area (Å²) in [5.74, 6) is 1.32. The molecule has 1 aromatic carbocycles. The number of alkyl carbamates (subject to hydrolysis) is 1. The van der Waals surface area contributed by atoms with E-state index in [-0.39, 0.29) is 37.3 Å². The lowest BCUT2D eigenvalue weighted by Crippen LogP contribution is -2.47. The molecule has 1 aromatic rings. The highest BCUT2D eigenvalue weighted by Gasteiger charge is 2.29. The van der Waals surface area contributed by atoms with Crippen molar-refractivity contribution in [3.05, 3.63) is 23.8 Å². The topological polar surface area (TPSA) is 113 Å². The monoisotopic (exact) mass is 539 g/mol. The number of carbonyl (C=O) groups excluding carboxylic acids is 2. The third kappa shape index (κ3) is 13.3. The predicted molar refractivity (Wildman–Crippen MR) is 147 cm³/mol. The lowest BCUT2D eigenvalue weighted by Gasteiger charge is -2.31. The minimum Gasteiger partial charge on any atom is -0.493 e. The summed E-state index contributed by atoms with van der Waals surface area (Å²) < 4.78 is 26.9. The van der Waals surface area contributed by atoms with E-state index in [0.29, 0.717) is 37.6 Å². The maximum Gasteiger partial charge on any atom is 0.407 e. The molecule has 0 aromatic heterocycles. The van der Waals surface area contributed by atoms with Crippen LogP contribution in [-0.2, 0) is 25.4 Å². The fourth-order valence-corrected chi connectivity index (χ4v) is 4.04. The van der Waals surface area contributed by atoms with Crippen molar-refractivity contribution in [2.24, 2.45) is 11.8 Å². The molecule has 0 saturated carbocycles. The Labute approximate surface area is 228 Å². The van der Waals surface area contributed by atoms with Gasteiger partial charge >= 0.3 is 12.1 Å². The molecule has 0 spiro atoms. The number of benzene rings is 1. The van der Waals surface area contributed by atoms with Crippen LogP contribution in [0.15, 0.2) is 18.2 Å². The Bertz CT molecular complexity index is 836. The van der Waals surface area contributed by atoms with Crippen LogP contribution in [0.3, 0.4) is 0 Å². The molecule has 0 radical (unpaired) electrons. The minimum atomic E-state index is -0.941. The number of hydrogen-bond donors (Lipinski definition) is 2. The van der Waals surface area contributed by atoms with Crippen LogP contribution in [0.25, 0.3) is 0 Å². The summed E-state index contributed by atoms with van der Waals surface area (Å²) in [6.07, 6.45) is 0.659. The lowest BCUT2D eigenvalue weighted by atomic mass is 9.82. The van der Waals surface area contributed by atoms with Gasteiger partial charge in [0, 0.05) is 26.6 Å². The van der Waals surface area contributed by atoms with Crippen LogP contribution in [0, 0.1) is 11.8 Å². The fraction of sp³-hybridized carbons (Fsp3) is 0.724. The number of hydrogen-bond acceptors (Lipinski definition) is 8. The summed E-state index contributed by atoms with van der Waals surface area (Å²) >= 11 is 0. The highest BCUT2D eigenvalue weighted by Crippen LogP contribution is 2.31. The summed E-state index contributed by atoms with van der Waals surface area (Å²) in [6.45, 7) is 12.7. The molecule has 1 amide bonds. The molecule has 9 heteroatoms. The van der Waals surface area contributed by atoms with Crippen molar-refractivity contribution in [1.29, 1.82) is 0 Å². The van der Waals surface area contributed by atoms with Gasteiger partial charge in [-0.05, 0) is 76.5 Å². The molecule has 2 N–H and O–H groups in total. The molecule has 0 fully saturated rings. The first kappa shape index (κ1) is 33.5. The van der Waals surface area contributed by atoms with Gasteiger partial charge in [-0.2, -0.15) is 0 Å². The quantitative estimate of drug-likeness (QED) is 0.212. The minimum absolute atomic E-state index is 0.0656. The molecule has 0 unspecified atom stereocenters. The van der Waals surface area contributed by atoms with Crippen molar-refractivity contribution >= 4 is 12.1 Å². The van der Waals surface area contributed by atoms with Crippen LogP contribution in [-0.4, -0.2) is 69.0 Å². The fourth-order valence-electron chi connectivity index (χ4n) is 4.04. The van der Waals surface area contributed by atoms with Crippen LogP contribution in [0.1, 0.15) is 72.8 Å². The second-order valence-electron chi connectivity index (χ2n) is 10.8. The van der Waals surface area contributed by atoms with Crippen molar-refractivity contribution in [3.8, 4) is 11.5 Å². The largest absolute Gasteiger partial charge is 0.493 e. The normalized spacial score (nSPS) is 13.9. The van der Waals surface area contributed by atoms with Crippen LogP contribution in [0.4, 0.5) is 4.79 Å². The van der Waals surface area contributed by atoms with E-state index in [1.165, 1.54) is 0 Å². The summed E-state index contributed by atoms with van der Waals surface area (Å²) in [7, 11) is 3.27. The van der Waals surface area contributed by atoms with Gasteiger partial charge in [-0.15, -0.1) is 0 Å². The van der Waals surface area contributed by atoms with Gasteiger partial charge in [0.1, 0.15) is 5.60 Å². The predicted octanol–water partition coefficient (Wildman–Crippen LogP) is 4.91. The summed E-state index contributed by atoms with van der Waals surface area (Å²) in [4.78, 5) is 24.5. The molecule has 0 saturated heterocycles. The van der Waals surface area contributed by atoms with Gasteiger partial charge in [-0.25, -0.2) is 4.79 Å². The number of aliphatic hydroxyl groups is 1. The molecule has 0 bridgehead atoms. The Morgan fingerprint density at radius 1 is 1.08 bits per heavy atom. The SMILES string of the molecule is CCOC(=O)CC[C@H](O)[C@H](C[C@H](Cc1ccc(OC)c(OCCCOC)c1)C(C)C)NC(=O)OC(C)(C)C. The Balaban J connectivity index is 3.06. The average Bonchev–Trinajstić information content (AvgIpc) is 2.83. The number of rotatable bonds is 17. The number of amides is 1. The Morgan fingerprint density at radius 2 is 1.79 bits per heavy atom.